The molecule has 1 aromatic carbocycles. The molecule has 1 amide bonds. The third-order valence-electron chi connectivity index (χ3n) is 5.87. The average Bonchev–Trinajstić information content (AvgIpc) is 3.27. The molecular formula is C28H43N2O11P. The number of carbonyl (C=O) groups is 4. The summed E-state index contributed by atoms with van der Waals surface area (Å²) in [5, 5.41) is 2.57. The van der Waals surface area contributed by atoms with Crippen LogP contribution in [0.15, 0.2) is 24.3 Å². The fourth-order valence-electron chi connectivity index (χ4n) is 3.54. The Morgan fingerprint density at radius 1 is 0.929 bits per heavy atom. The number of amides is 1. The number of hydrogen-bond acceptors (Lipinski definition) is 11. The number of hydrogen-bond donors (Lipinski definition) is 1. The van der Waals surface area contributed by atoms with Crippen molar-refractivity contribution in [3.05, 3.63) is 29.8 Å². The van der Waals surface area contributed by atoms with Gasteiger partial charge in [0, 0.05) is 19.7 Å². The number of nitrogens with zero attached hydrogens (tertiary/aromatic N) is 1. The minimum atomic E-state index is -4.32. The first kappa shape index (κ1) is 35.2. The highest BCUT2D eigenvalue weighted by atomic mass is 31.2. The number of rotatable bonds is 14. The molecule has 2 rings (SSSR count). The first-order chi connectivity index (χ1) is 19.5. The minimum absolute atomic E-state index is 0.0837. The Morgan fingerprint density at radius 3 is 2.02 bits per heavy atom. The molecule has 13 nitrogen and oxygen atoms in total. The number of carbonyl (C=O) groups excluding carboxylic acids is 4. The SMILES string of the molecule is CC(C)OC(=O)[C@H](C)NP(=O)(OCC1OCC(OC(=O)C(C)C)C1OC(=O)C(C)C)Oc1ccc(C(=O)N(C)C)cc1. The lowest BCUT2D eigenvalue weighted by Crippen LogP contribution is -2.42. The van der Waals surface area contributed by atoms with Crippen molar-refractivity contribution in [2.75, 3.05) is 27.3 Å². The first-order valence-electron chi connectivity index (χ1n) is 13.8. The zero-order valence-electron chi connectivity index (χ0n) is 25.7. The van der Waals surface area contributed by atoms with Crippen LogP contribution in [-0.4, -0.2) is 86.5 Å². The standard InChI is InChI=1S/C28H43N2O11P/c1-16(2)26(32)39-23-14-36-22(24(23)40-27(33)17(3)4)15-37-42(35,29-19(7)28(34)38-18(5)6)41-21-12-10-20(11-13-21)25(31)30(8)9/h10-13,16-19,22-24H,14-15H2,1-9H3,(H,29,35)/t19-,22?,23?,24?,42?/m0/s1. The highest BCUT2D eigenvalue weighted by Gasteiger charge is 2.45. The minimum Gasteiger partial charge on any atom is -0.462 e. The van der Waals surface area contributed by atoms with E-state index in [2.05, 4.69) is 5.09 Å². The van der Waals surface area contributed by atoms with Gasteiger partial charge in [0.05, 0.1) is 31.2 Å². The molecular weight excluding hydrogens is 571 g/mol. The van der Waals surface area contributed by atoms with Crippen molar-refractivity contribution in [2.45, 2.75) is 78.9 Å². The van der Waals surface area contributed by atoms with Crippen molar-refractivity contribution in [1.82, 2.24) is 9.99 Å². The first-order valence-corrected chi connectivity index (χ1v) is 15.3. The van der Waals surface area contributed by atoms with Gasteiger partial charge in [0.25, 0.3) is 5.91 Å². The van der Waals surface area contributed by atoms with Crippen LogP contribution in [0.1, 0.15) is 58.8 Å². The molecule has 1 aliphatic heterocycles. The van der Waals surface area contributed by atoms with Gasteiger partial charge in [-0.15, -0.1) is 0 Å². The summed E-state index contributed by atoms with van der Waals surface area (Å²) in [6.45, 7) is 10.9. The lowest BCUT2D eigenvalue weighted by molar-refractivity contribution is -0.170. The highest BCUT2D eigenvalue weighted by Crippen LogP contribution is 2.45. The van der Waals surface area contributed by atoms with Gasteiger partial charge in [0.1, 0.15) is 17.9 Å². The summed E-state index contributed by atoms with van der Waals surface area (Å²) in [4.78, 5) is 50.8. The predicted molar refractivity (Wildman–Crippen MR) is 152 cm³/mol. The molecule has 1 aliphatic rings. The molecule has 0 radical (unpaired) electrons. The van der Waals surface area contributed by atoms with Gasteiger partial charge in [0.15, 0.2) is 12.2 Å². The summed E-state index contributed by atoms with van der Waals surface area (Å²) in [5.74, 6) is -2.78. The number of nitrogens with one attached hydrogen (secondary N) is 1. The van der Waals surface area contributed by atoms with Gasteiger partial charge in [-0.2, -0.15) is 5.09 Å². The molecule has 0 aliphatic carbocycles. The van der Waals surface area contributed by atoms with Gasteiger partial charge < -0.3 is 28.4 Å². The maximum Gasteiger partial charge on any atom is 0.459 e. The maximum absolute atomic E-state index is 14.0. The van der Waals surface area contributed by atoms with E-state index in [0.717, 1.165) is 0 Å². The van der Waals surface area contributed by atoms with Crippen molar-refractivity contribution in [1.29, 1.82) is 0 Å². The number of esters is 3. The molecule has 1 heterocycles. The van der Waals surface area contributed by atoms with Gasteiger partial charge in [0.2, 0.25) is 0 Å². The van der Waals surface area contributed by atoms with Crippen molar-refractivity contribution in [3.63, 3.8) is 0 Å². The van der Waals surface area contributed by atoms with Crippen LogP contribution < -0.4 is 9.61 Å². The second-order valence-corrected chi connectivity index (χ2v) is 12.7. The van der Waals surface area contributed by atoms with Gasteiger partial charge in [-0.1, -0.05) is 27.7 Å². The van der Waals surface area contributed by atoms with Crippen LogP contribution in [0.5, 0.6) is 5.75 Å². The lowest BCUT2D eigenvalue weighted by atomic mass is 10.1. The summed E-state index contributed by atoms with van der Waals surface area (Å²) >= 11 is 0. The normalized spacial score (nSPS) is 20.6. The number of benzene rings is 1. The molecule has 0 spiro atoms. The van der Waals surface area contributed by atoms with Crippen LogP contribution in [0.3, 0.4) is 0 Å². The van der Waals surface area contributed by atoms with E-state index in [0.29, 0.717) is 5.56 Å². The second-order valence-electron chi connectivity index (χ2n) is 11.0. The second kappa shape index (κ2) is 15.5. The Hall–Kier alpha value is -2.99. The Labute approximate surface area is 247 Å². The molecule has 236 valence electrons. The van der Waals surface area contributed by atoms with E-state index < -0.39 is 74.6 Å². The van der Waals surface area contributed by atoms with E-state index >= 15 is 0 Å². The van der Waals surface area contributed by atoms with Crippen LogP contribution in [0.25, 0.3) is 0 Å². The van der Waals surface area contributed by atoms with Crippen molar-refractivity contribution in [2.24, 2.45) is 11.8 Å². The predicted octanol–water partition coefficient (Wildman–Crippen LogP) is 3.36. The van der Waals surface area contributed by atoms with Gasteiger partial charge >= 0.3 is 25.7 Å². The molecule has 5 atom stereocenters. The van der Waals surface area contributed by atoms with E-state index in [1.165, 1.54) is 36.1 Å². The summed E-state index contributed by atoms with van der Waals surface area (Å²) in [6, 6.07) is 4.76. The third-order valence-corrected chi connectivity index (χ3v) is 7.51. The third kappa shape index (κ3) is 10.4. The molecule has 4 unspecified atom stereocenters. The van der Waals surface area contributed by atoms with Crippen LogP contribution in [0.2, 0.25) is 0 Å². The zero-order chi connectivity index (χ0) is 31.8. The van der Waals surface area contributed by atoms with Crippen LogP contribution in [0.4, 0.5) is 0 Å². The summed E-state index contributed by atoms with van der Waals surface area (Å²) in [6.07, 6.45) is -3.35. The average molecular weight is 615 g/mol. The Kier molecular flexibility index (Phi) is 13.0. The summed E-state index contributed by atoms with van der Waals surface area (Å²) < 4.78 is 47.4. The molecule has 1 N–H and O–H groups in total. The zero-order valence-corrected chi connectivity index (χ0v) is 26.5. The van der Waals surface area contributed by atoms with Crippen LogP contribution >= 0.6 is 7.75 Å². The molecule has 42 heavy (non-hydrogen) atoms. The molecule has 1 aromatic rings. The quantitative estimate of drug-likeness (QED) is 0.186. The molecule has 0 aromatic heterocycles. The molecule has 0 bridgehead atoms. The molecule has 1 saturated heterocycles. The van der Waals surface area contributed by atoms with E-state index in [9.17, 15) is 23.7 Å². The van der Waals surface area contributed by atoms with Gasteiger partial charge in [-0.05, 0) is 45.0 Å². The fourth-order valence-corrected chi connectivity index (χ4v) is 5.04. The van der Waals surface area contributed by atoms with Crippen molar-refractivity contribution in [3.8, 4) is 5.75 Å². The summed E-state index contributed by atoms with van der Waals surface area (Å²) in [7, 11) is -1.10. The van der Waals surface area contributed by atoms with E-state index in [1.807, 2.05) is 0 Å². The van der Waals surface area contributed by atoms with Gasteiger partial charge in [-0.3, -0.25) is 23.7 Å². The van der Waals surface area contributed by atoms with Gasteiger partial charge in [-0.25, -0.2) is 4.57 Å². The van der Waals surface area contributed by atoms with E-state index in [4.69, 9.17) is 28.0 Å². The van der Waals surface area contributed by atoms with E-state index in [1.54, 1.807) is 55.6 Å². The fraction of sp³-hybridized carbons (Fsp3) is 0.643. The largest absolute Gasteiger partial charge is 0.462 e. The Bertz CT molecular complexity index is 1140. The monoisotopic (exact) mass is 614 g/mol. The lowest BCUT2D eigenvalue weighted by Gasteiger charge is -2.27. The molecule has 1 fully saturated rings. The maximum atomic E-state index is 14.0. The van der Waals surface area contributed by atoms with Crippen molar-refractivity contribution >= 4 is 31.6 Å². The molecule has 14 heteroatoms. The van der Waals surface area contributed by atoms with Crippen LogP contribution in [-0.2, 0) is 42.4 Å². The Morgan fingerprint density at radius 2 is 1.50 bits per heavy atom. The topological polar surface area (TPSA) is 156 Å². The Balaban J connectivity index is 2.29. The highest BCUT2D eigenvalue weighted by molar-refractivity contribution is 7.52. The smallest absolute Gasteiger partial charge is 0.459 e. The van der Waals surface area contributed by atoms with Crippen LogP contribution in [0, 0.1) is 11.8 Å². The van der Waals surface area contributed by atoms with E-state index in [-0.39, 0.29) is 18.3 Å². The molecule has 0 saturated carbocycles. The summed E-state index contributed by atoms with van der Waals surface area (Å²) in [5.41, 5.74) is 0.376. The number of ether oxygens (including phenoxy) is 4. The van der Waals surface area contributed by atoms with Crippen molar-refractivity contribution < 1.29 is 51.7 Å².